The Morgan fingerprint density at radius 1 is 0.274 bits per heavy atom. The standard InChI is InChI=1S/C72H140N4O8/c1-9-17-25-29-45-65(41-21-13-5)69(77)81-61-37-33-49-73(50-34-38-62-82-70(78)66(42-22-14-6)46-30-26-18-10-2)53-55-75-57-59-76(60-58-75)56-54-74(51-35-39-63-83-71(79)67(43-23-15-7)47-31-27-19-11-3)52-36-40-64-84-72(80)68(44-24-16-8)48-32-28-20-12-4/h65-68H,9-64H2,1-8H3. The van der Waals surface area contributed by atoms with Crippen LogP contribution in [0.2, 0.25) is 0 Å². The zero-order chi connectivity index (χ0) is 61.4. The van der Waals surface area contributed by atoms with Crippen molar-refractivity contribution < 1.29 is 38.1 Å². The molecule has 0 N–H and O–H groups in total. The summed E-state index contributed by atoms with van der Waals surface area (Å²) in [5.41, 5.74) is 0. The Kier molecular flexibility index (Phi) is 55.4. The number of hydrogen-bond acceptors (Lipinski definition) is 12. The predicted octanol–water partition coefficient (Wildman–Crippen LogP) is 17.6. The van der Waals surface area contributed by atoms with Crippen LogP contribution in [-0.2, 0) is 38.1 Å². The van der Waals surface area contributed by atoms with Gasteiger partial charge < -0.3 is 28.7 Å². The molecule has 1 aliphatic rings. The molecule has 12 nitrogen and oxygen atoms in total. The summed E-state index contributed by atoms with van der Waals surface area (Å²) in [5.74, 6) is 0.198. The SMILES string of the molecule is CCCCCCC(CCCC)C(=O)OCCCCN(CCCCOC(=O)C(CCCC)CCCCCC)CCN1CCN(CCN(CCCCOC(=O)C(CCCC)CCCCCC)CCCCOC(=O)C(CCCC)CCCCCC)CC1. The van der Waals surface area contributed by atoms with Gasteiger partial charge in [-0.2, -0.15) is 0 Å². The molecule has 84 heavy (non-hydrogen) atoms. The van der Waals surface area contributed by atoms with Crippen LogP contribution in [0, 0.1) is 23.7 Å². The summed E-state index contributed by atoms with van der Waals surface area (Å²) < 4.78 is 23.8. The number of carbonyl (C=O) groups is 4. The van der Waals surface area contributed by atoms with Gasteiger partial charge in [-0.15, -0.1) is 0 Å². The Labute approximate surface area is 520 Å². The first-order valence-corrected chi connectivity index (χ1v) is 36.7. The molecule has 0 aromatic heterocycles. The molecule has 1 rings (SSSR count). The maximum absolute atomic E-state index is 13.2. The average molecular weight is 1190 g/mol. The second kappa shape index (κ2) is 58.4. The van der Waals surface area contributed by atoms with Crippen molar-refractivity contribution in [3.05, 3.63) is 0 Å². The molecule has 0 amide bonds. The van der Waals surface area contributed by atoms with E-state index in [1.54, 1.807) is 0 Å². The first kappa shape index (κ1) is 79.7. The molecule has 1 saturated heterocycles. The number of nitrogens with zero attached hydrogens (tertiary/aromatic N) is 4. The van der Waals surface area contributed by atoms with Gasteiger partial charge >= 0.3 is 23.9 Å². The molecule has 0 bridgehead atoms. The summed E-state index contributed by atoms with van der Waals surface area (Å²) in [7, 11) is 0. The minimum absolute atomic E-state index is 0.0129. The van der Waals surface area contributed by atoms with Gasteiger partial charge in [0, 0.05) is 52.4 Å². The van der Waals surface area contributed by atoms with E-state index in [1.807, 2.05) is 0 Å². The molecule has 1 fully saturated rings. The average Bonchev–Trinajstić information content (AvgIpc) is 3.53. The monoisotopic (exact) mass is 1190 g/mol. The van der Waals surface area contributed by atoms with Crippen LogP contribution in [0.5, 0.6) is 0 Å². The van der Waals surface area contributed by atoms with Gasteiger partial charge in [0.05, 0.1) is 50.1 Å². The number of esters is 4. The first-order valence-electron chi connectivity index (χ1n) is 36.7. The van der Waals surface area contributed by atoms with Crippen LogP contribution >= 0.6 is 0 Å². The lowest BCUT2D eigenvalue weighted by Gasteiger charge is -2.37. The second-order valence-corrected chi connectivity index (χ2v) is 25.6. The van der Waals surface area contributed by atoms with Crippen molar-refractivity contribution >= 4 is 23.9 Å². The highest BCUT2D eigenvalue weighted by molar-refractivity contribution is 5.73. The number of ether oxygens (including phenoxy) is 4. The van der Waals surface area contributed by atoms with E-state index < -0.39 is 0 Å². The molecule has 0 saturated carbocycles. The molecule has 4 atom stereocenters. The third-order valence-corrected chi connectivity index (χ3v) is 18.0. The van der Waals surface area contributed by atoms with Gasteiger partial charge in [-0.25, -0.2) is 0 Å². The molecule has 1 aliphatic heterocycles. The quantitative estimate of drug-likeness (QED) is 0.0328. The minimum atomic E-state index is 0.0129. The van der Waals surface area contributed by atoms with Gasteiger partial charge in [0.1, 0.15) is 0 Å². The van der Waals surface area contributed by atoms with Gasteiger partial charge in [0.2, 0.25) is 0 Å². The first-order chi connectivity index (χ1) is 41.1. The molecular weight excluding hydrogens is 1050 g/mol. The van der Waals surface area contributed by atoms with Crippen molar-refractivity contribution in [3.63, 3.8) is 0 Å². The molecule has 0 aromatic rings. The fourth-order valence-electron chi connectivity index (χ4n) is 12.0. The van der Waals surface area contributed by atoms with Crippen molar-refractivity contribution in [1.29, 1.82) is 0 Å². The van der Waals surface area contributed by atoms with E-state index in [-0.39, 0.29) is 47.5 Å². The maximum atomic E-state index is 13.2. The summed E-state index contributed by atoms with van der Waals surface area (Å²) in [4.78, 5) is 63.3. The molecule has 1 heterocycles. The fraction of sp³-hybridized carbons (Fsp3) is 0.944. The molecule has 0 aliphatic carbocycles. The summed E-state index contributed by atoms with van der Waals surface area (Å²) in [6.07, 6.45) is 42.8. The molecule has 0 radical (unpaired) electrons. The third kappa shape index (κ3) is 44.2. The van der Waals surface area contributed by atoms with Crippen molar-refractivity contribution in [1.82, 2.24) is 19.6 Å². The van der Waals surface area contributed by atoms with E-state index in [0.717, 1.165) is 258 Å². The van der Waals surface area contributed by atoms with E-state index in [1.165, 1.54) is 77.0 Å². The highest BCUT2D eigenvalue weighted by atomic mass is 16.5. The highest BCUT2D eigenvalue weighted by Crippen LogP contribution is 2.23. The van der Waals surface area contributed by atoms with E-state index in [2.05, 4.69) is 75.0 Å². The lowest BCUT2D eigenvalue weighted by Crippen LogP contribution is -2.50. The van der Waals surface area contributed by atoms with Crippen LogP contribution in [0.15, 0.2) is 0 Å². The minimum Gasteiger partial charge on any atom is -0.465 e. The third-order valence-electron chi connectivity index (χ3n) is 18.0. The molecule has 4 unspecified atom stereocenters. The summed E-state index contributed by atoms with van der Waals surface area (Å²) >= 11 is 0. The van der Waals surface area contributed by atoms with Crippen LogP contribution in [-0.4, -0.2) is 148 Å². The van der Waals surface area contributed by atoms with Crippen LogP contribution in [0.1, 0.15) is 312 Å². The fourth-order valence-corrected chi connectivity index (χ4v) is 12.0. The number of rotatable bonds is 62. The summed E-state index contributed by atoms with van der Waals surface area (Å²) in [6, 6.07) is 0. The van der Waals surface area contributed by atoms with Crippen molar-refractivity contribution in [2.45, 2.75) is 312 Å². The number of piperazine rings is 1. The Bertz CT molecular complexity index is 1300. The van der Waals surface area contributed by atoms with Crippen LogP contribution < -0.4 is 0 Å². The smallest absolute Gasteiger partial charge is 0.308 e. The summed E-state index contributed by atoms with van der Waals surface area (Å²) in [5, 5.41) is 0. The van der Waals surface area contributed by atoms with Gasteiger partial charge in [0.25, 0.3) is 0 Å². The topological polar surface area (TPSA) is 118 Å². The zero-order valence-electron chi connectivity index (χ0n) is 57.0. The van der Waals surface area contributed by atoms with E-state index in [0.29, 0.717) is 26.4 Å². The Hall–Kier alpha value is -2.28. The normalized spacial score (nSPS) is 14.7. The number of hydrogen-bond donors (Lipinski definition) is 0. The largest absolute Gasteiger partial charge is 0.465 e. The van der Waals surface area contributed by atoms with Crippen LogP contribution in [0.4, 0.5) is 0 Å². The molecular formula is C72H140N4O8. The van der Waals surface area contributed by atoms with Crippen LogP contribution in [0.3, 0.4) is 0 Å². The van der Waals surface area contributed by atoms with Gasteiger partial charge in [-0.3, -0.25) is 29.0 Å². The van der Waals surface area contributed by atoms with Gasteiger partial charge in [-0.05, 0) is 129 Å². The second-order valence-electron chi connectivity index (χ2n) is 25.6. The molecule has 0 aromatic carbocycles. The Balaban J connectivity index is 2.90. The summed E-state index contributed by atoms with van der Waals surface area (Å²) in [6.45, 7) is 31.9. The van der Waals surface area contributed by atoms with Crippen molar-refractivity contribution in [2.75, 3.05) is 105 Å². The van der Waals surface area contributed by atoms with E-state index in [9.17, 15) is 19.2 Å². The number of carbonyl (C=O) groups excluding carboxylic acids is 4. The lowest BCUT2D eigenvalue weighted by molar-refractivity contribution is -0.150. The molecule has 0 spiro atoms. The predicted molar refractivity (Wildman–Crippen MR) is 354 cm³/mol. The van der Waals surface area contributed by atoms with E-state index >= 15 is 0 Å². The Morgan fingerprint density at radius 2 is 0.488 bits per heavy atom. The molecule has 496 valence electrons. The molecule has 12 heteroatoms. The van der Waals surface area contributed by atoms with Crippen molar-refractivity contribution in [3.8, 4) is 0 Å². The van der Waals surface area contributed by atoms with Gasteiger partial charge in [0.15, 0.2) is 0 Å². The van der Waals surface area contributed by atoms with Crippen molar-refractivity contribution in [2.24, 2.45) is 23.7 Å². The van der Waals surface area contributed by atoms with Crippen LogP contribution in [0.25, 0.3) is 0 Å². The lowest BCUT2D eigenvalue weighted by atomic mass is 9.95. The zero-order valence-corrected chi connectivity index (χ0v) is 57.0. The van der Waals surface area contributed by atoms with Gasteiger partial charge in [-0.1, -0.05) is 209 Å². The maximum Gasteiger partial charge on any atom is 0.308 e. The van der Waals surface area contributed by atoms with E-state index in [4.69, 9.17) is 18.9 Å². The number of unbranched alkanes of at least 4 members (excludes halogenated alkanes) is 20. The Morgan fingerprint density at radius 3 is 0.702 bits per heavy atom. The highest BCUT2D eigenvalue weighted by Gasteiger charge is 2.24.